The topological polar surface area (TPSA) is 64.7 Å². The van der Waals surface area contributed by atoms with Crippen LogP contribution in [0.4, 0.5) is 5.82 Å². The van der Waals surface area contributed by atoms with Gasteiger partial charge in [0, 0.05) is 16.7 Å². The molecule has 5 aromatic rings. The molecular weight excluding hydrogens is 422 g/mol. The lowest BCUT2D eigenvalue weighted by Crippen LogP contribution is -2.17. The molecule has 6 nitrogen and oxygen atoms in total. The van der Waals surface area contributed by atoms with Crippen LogP contribution < -0.4 is 5.32 Å². The number of carbonyl (C=O) groups is 1. The van der Waals surface area contributed by atoms with E-state index in [9.17, 15) is 4.79 Å². The molecule has 0 saturated carbocycles. The third kappa shape index (κ3) is 3.88. The van der Waals surface area contributed by atoms with Crippen LogP contribution in [0.25, 0.3) is 17.0 Å². The molecule has 0 radical (unpaired) electrons. The van der Waals surface area contributed by atoms with Gasteiger partial charge in [0.25, 0.3) is 5.91 Å². The number of para-hydroxylation sites is 2. The van der Waals surface area contributed by atoms with E-state index in [4.69, 9.17) is 16.6 Å². The lowest BCUT2D eigenvalue weighted by Gasteiger charge is -2.12. The first kappa shape index (κ1) is 20.0. The van der Waals surface area contributed by atoms with Crippen molar-refractivity contribution in [1.29, 1.82) is 0 Å². The van der Waals surface area contributed by atoms with Crippen molar-refractivity contribution in [2.75, 3.05) is 5.32 Å². The van der Waals surface area contributed by atoms with Gasteiger partial charge in [0.05, 0.1) is 23.3 Å². The average Bonchev–Trinajstić information content (AvgIpc) is 3.35. The molecule has 0 unspecified atom stereocenters. The van der Waals surface area contributed by atoms with E-state index in [0.29, 0.717) is 28.9 Å². The van der Waals surface area contributed by atoms with Crippen molar-refractivity contribution in [1.82, 2.24) is 19.3 Å². The highest BCUT2D eigenvalue weighted by molar-refractivity contribution is 6.30. The maximum Gasteiger partial charge on any atom is 0.256 e. The van der Waals surface area contributed by atoms with Gasteiger partial charge in [-0.1, -0.05) is 54.1 Å². The predicted molar refractivity (Wildman–Crippen MR) is 127 cm³/mol. The molecule has 0 saturated heterocycles. The number of nitrogens with zero attached hydrogens (tertiary/aromatic N) is 4. The third-order valence-electron chi connectivity index (χ3n) is 5.19. The predicted octanol–water partition coefficient (Wildman–Crippen LogP) is 5.48. The number of nitrogens with one attached hydrogen (secondary N) is 1. The quantitative estimate of drug-likeness (QED) is 0.392. The summed E-state index contributed by atoms with van der Waals surface area (Å²) in [5.74, 6) is 0.980. The van der Waals surface area contributed by atoms with E-state index in [1.807, 2.05) is 79.7 Å². The molecule has 158 valence electrons. The van der Waals surface area contributed by atoms with Crippen LogP contribution in [-0.2, 0) is 6.54 Å². The maximum absolute atomic E-state index is 12.8. The van der Waals surface area contributed by atoms with Crippen molar-refractivity contribution in [3.63, 3.8) is 0 Å². The van der Waals surface area contributed by atoms with Crippen LogP contribution in [0, 0.1) is 6.92 Å². The Labute approximate surface area is 190 Å². The molecule has 0 fully saturated rings. The first-order chi connectivity index (χ1) is 15.6. The lowest BCUT2D eigenvalue weighted by atomic mass is 10.2. The summed E-state index contributed by atoms with van der Waals surface area (Å²) < 4.78 is 3.77. The smallest absolute Gasteiger partial charge is 0.256 e. The molecule has 0 aliphatic carbocycles. The minimum absolute atomic E-state index is 0.202. The van der Waals surface area contributed by atoms with Crippen LogP contribution in [0.5, 0.6) is 0 Å². The minimum Gasteiger partial charge on any atom is -0.306 e. The molecule has 2 aromatic heterocycles. The number of hydrogen-bond acceptors (Lipinski definition) is 3. The summed E-state index contributed by atoms with van der Waals surface area (Å²) in [5.41, 5.74) is 4.26. The van der Waals surface area contributed by atoms with Gasteiger partial charge < -0.3 is 9.88 Å². The van der Waals surface area contributed by atoms with E-state index in [2.05, 4.69) is 15.0 Å². The largest absolute Gasteiger partial charge is 0.306 e. The van der Waals surface area contributed by atoms with Crippen molar-refractivity contribution >= 4 is 34.4 Å². The monoisotopic (exact) mass is 441 g/mol. The molecule has 0 aliphatic heterocycles. The number of aryl methyl sites for hydroxylation is 1. The molecule has 1 amide bonds. The van der Waals surface area contributed by atoms with Gasteiger partial charge in [0.2, 0.25) is 5.95 Å². The second-order valence-electron chi connectivity index (χ2n) is 7.52. The van der Waals surface area contributed by atoms with Crippen LogP contribution in [0.15, 0.2) is 84.9 Å². The van der Waals surface area contributed by atoms with Crippen LogP contribution in [0.3, 0.4) is 0 Å². The van der Waals surface area contributed by atoms with Crippen molar-refractivity contribution in [2.45, 2.75) is 13.5 Å². The SMILES string of the molecule is Cc1cc(NC(=O)c2ccccc2)n(-c2nc3ccccc3n2Cc2ccc(Cl)cc2)n1. The maximum atomic E-state index is 12.8. The molecule has 7 heteroatoms. The van der Waals surface area contributed by atoms with Crippen molar-refractivity contribution in [3.8, 4) is 5.95 Å². The van der Waals surface area contributed by atoms with E-state index >= 15 is 0 Å². The summed E-state index contributed by atoms with van der Waals surface area (Å²) in [4.78, 5) is 17.6. The zero-order valence-electron chi connectivity index (χ0n) is 17.4. The number of anilines is 1. The van der Waals surface area contributed by atoms with Gasteiger partial charge in [0.1, 0.15) is 5.82 Å². The Bertz CT molecular complexity index is 1400. The summed E-state index contributed by atoms with van der Waals surface area (Å²) >= 11 is 6.06. The van der Waals surface area contributed by atoms with E-state index < -0.39 is 0 Å². The number of fused-ring (bicyclic) bond motifs is 1. The van der Waals surface area contributed by atoms with Gasteiger partial charge in [-0.15, -0.1) is 0 Å². The van der Waals surface area contributed by atoms with Gasteiger partial charge in [0.15, 0.2) is 0 Å². The van der Waals surface area contributed by atoms with Gasteiger partial charge in [-0.25, -0.2) is 4.98 Å². The number of carbonyl (C=O) groups excluding carboxylic acids is 1. The molecule has 2 heterocycles. The van der Waals surface area contributed by atoms with Gasteiger partial charge in [-0.3, -0.25) is 4.79 Å². The zero-order chi connectivity index (χ0) is 22.1. The molecular formula is C25H20ClN5O. The fraction of sp³-hybridized carbons (Fsp3) is 0.0800. The summed E-state index contributed by atoms with van der Waals surface area (Å²) in [6.07, 6.45) is 0. The first-order valence-electron chi connectivity index (χ1n) is 10.2. The molecule has 5 rings (SSSR count). The van der Waals surface area contributed by atoms with E-state index in [0.717, 1.165) is 22.3 Å². The molecule has 0 spiro atoms. The van der Waals surface area contributed by atoms with Crippen LogP contribution >= 0.6 is 11.6 Å². The average molecular weight is 442 g/mol. The number of aromatic nitrogens is 4. The summed E-state index contributed by atoms with van der Waals surface area (Å²) in [7, 11) is 0. The highest BCUT2D eigenvalue weighted by atomic mass is 35.5. The second kappa shape index (κ2) is 8.32. The molecule has 0 bridgehead atoms. The summed E-state index contributed by atoms with van der Waals surface area (Å²) in [6, 6.07) is 26.6. The van der Waals surface area contributed by atoms with Gasteiger partial charge in [-0.05, 0) is 48.9 Å². The summed E-state index contributed by atoms with van der Waals surface area (Å²) in [6.45, 7) is 2.47. The number of halogens is 1. The number of rotatable bonds is 5. The molecule has 32 heavy (non-hydrogen) atoms. The summed E-state index contributed by atoms with van der Waals surface area (Å²) in [5, 5.41) is 8.31. The molecule has 1 N–H and O–H groups in total. The fourth-order valence-electron chi connectivity index (χ4n) is 3.67. The Morgan fingerprint density at radius 3 is 2.47 bits per heavy atom. The fourth-order valence-corrected chi connectivity index (χ4v) is 3.80. The Balaban J connectivity index is 1.59. The van der Waals surface area contributed by atoms with E-state index in [1.54, 1.807) is 16.8 Å². The standard InChI is InChI=1S/C25H20ClN5O/c1-17-15-23(28-24(32)19-7-3-2-4-8-19)31(29-17)25-27-21-9-5-6-10-22(21)30(25)16-18-11-13-20(26)14-12-18/h2-15H,16H2,1H3,(H,28,32). The van der Waals surface area contributed by atoms with Crippen molar-refractivity contribution in [2.24, 2.45) is 0 Å². The minimum atomic E-state index is -0.202. The van der Waals surface area contributed by atoms with Gasteiger partial charge in [-0.2, -0.15) is 9.78 Å². The Kier molecular flexibility index (Phi) is 5.21. The van der Waals surface area contributed by atoms with Crippen molar-refractivity contribution in [3.05, 3.63) is 107 Å². The zero-order valence-corrected chi connectivity index (χ0v) is 18.1. The lowest BCUT2D eigenvalue weighted by molar-refractivity contribution is 0.102. The normalized spacial score (nSPS) is 11.1. The molecule has 0 aliphatic rings. The number of benzene rings is 3. The number of imidazole rings is 1. The van der Waals surface area contributed by atoms with E-state index in [-0.39, 0.29) is 5.91 Å². The van der Waals surface area contributed by atoms with Gasteiger partial charge >= 0.3 is 0 Å². The van der Waals surface area contributed by atoms with Crippen LogP contribution in [0.2, 0.25) is 5.02 Å². The highest BCUT2D eigenvalue weighted by Gasteiger charge is 2.19. The third-order valence-corrected chi connectivity index (χ3v) is 5.44. The van der Waals surface area contributed by atoms with E-state index in [1.165, 1.54) is 0 Å². The Morgan fingerprint density at radius 1 is 0.969 bits per heavy atom. The first-order valence-corrected chi connectivity index (χ1v) is 10.6. The molecule has 0 atom stereocenters. The van der Waals surface area contributed by atoms with Crippen LogP contribution in [-0.4, -0.2) is 25.2 Å². The number of hydrogen-bond donors (Lipinski definition) is 1. The second-order valence-corrected chi connectivity index (χ2v) is 7.95. The molecule has 3 aromatic carbocycles. The Hall–Kier alpha value is -3.90. The highest BCUT2D eigenvalue weighted by Crippen LogP contribution is 2.24. The van der Waals surface area contributed by atoms with Crippen LogP contribution in [0.1, 0.15) is 21.6 Å². The Morgan fingerprint density at radius 2 is 1.69 bits per heavy atom. The number of amides is 1. The van der Waals surface area contributed by atoms with Crippen molar-refractivity contribution < 1.29 is 4.79 Å².